The monoisotopic (exact) mass is 172 g/mol. The molecule has 12 heavy (non-hydrogen) atoms. The first-order valence-corrected chi connectivity index (χ1v) is 3.11. The van der Waals surface area contributed by atoms with Gasteiger partial charge in [-0.2, -0.15) is 0 Å². The Morgan fingerprint density at radius 2 is 2.00 bits per heavy atom. The average molecular weight is 172 g/mol. The molecule has 0 aromatic heterocycles. The number of benzene rings is 1. The molecule has 0 amide bonds. The Labute approximate surface area is 68.0 Å². The third kappa shape index (κ3) is 2.11. The molecular formula is C6H6BFO4. The van der Waals surface area contributed by atoms with Crippen molar-refractivity contribution in [2.45, 2.75) is 0 Å². The summed E-state index contributed by atoms with van der Waals surface area (Å²) in [6.07, 6.45) is 0. The molecule has 0 spiro atoms. The van der Waals surface area contributed by atoms with Gasteiger partial charge in [0.05, 0.1) is 0 Å². The van der Waals surface area contributed by atoms with Gasteiger partial charge in [0.1, 0.15) is 11.5 Å². The minimum absolute atomic E-state index is 0.257. The highest BCUT2D eigenvalue weighted by atomic mass is 19.1. The summed E-state index contributed by atoms with van der Waals surface area (Å²) in [6.45, 7) is 0. The summed E-state index contributed by atoms with van der Waals surface area (Å²) < 4.78 is 16.9. The standard InChI is InChI=1S/C6H6BFO4/c8-5-3-4(9)1-2-6(5)12-7(10)11/h1-3,9-11H. The lowest BCUT2D eigenvalue weighted by molar-refractivity contribution is 0.281. The van der Waals surface area contributed by atoms with Gasteiger partial charge in [0.15, 0.2) is 5.82 Å². The average Bonchev–Trinajstić information content (AvgIpc) is 1.94. The zero-order valence-electron chi connectivity index (χ0n) is 5.94. The lowest BCUT2D eigenvalue weighted by Crippen LogP contribution is -2.21. The quantitative estimate of drug-likeness (QED) is 0.543. The van der Waals surface area contributed by atoms with Crippen LogP contribution in [0.15, 0.2) is 18.2 Å². The third-order valence-corrected chi connectivity index (χ3v) is 1.15. The van der Waals surface area contributed by atoms with Crippen LogP contribution in [0.3, 0.4) is 0 Å². The molecule has 0 aliphatic heterocycles. The summed E-state index contributed by atoms with van der Waals surface area (Å²) in [5, 5.41) is 25.4. The van der Waals surface area contributed by atoms with Crippen LogP contribution in [0.5, 0.6) is 11.5 Å². The molecule has 0 bridgehead atoms. The van der Waals surface area contributed by atoms with Crippen LogP contribution in [0.2, 0.25) is 0 Å². The Kier molecular flexibility index (Phi) is 2.52. The zero-order valence-corrected chi connectivity index (χ0v) is 5.94. The molecule has 0 saturated carbocycles. The van der Waals surface area contributed by atoms with Gasteiger partial charge in [-0.15, -0.1) is 0 Å². The smallest absolute Gasteiger partial charge is 0.510 e. The van der Waals surface area contributed by atoms with E-state index in [2.05, 4.69) is 4.65 Å². The van der Waals surface area contributed by atoms with Crippen LogP contribution in [-0.4, -0.2) is 22.5 Å². The fourth-order valence-corrected chi connectivity index (χ4v) is 0.699. The lowest BCUT2D eigenvalue weighted by Gasteiger charge is -2.04. The molecule has 0 radical (unpaired) electrons. The molecule has 0 atom stereocenters. The summed E-state index contributed by atoms with van der Waals surface area (Å²) in [4.78, 5) is 0. The molecule has 64 valence electrons. The van der Waals surface area contributed by atoms with Crippen molar-refractivity contribution in [2.75, 3.05) is 0 Å². The number of hydrogen-bond donors (Lipinski definition) is 3. The second-order valence-corrected chi connectivity index (χ2v) is 2.06. The number of hydrogen-bond acceptors (Lipinski definition) is 4. The largest absolute Gasteiger partial charge is 0.707 e. The van der Waals surface area contributed by atoms with Crippen molar-refractivity contribution in [2.24, 2.45) is 0 Å². The fraction of sp³-hybridized carbons (Fsp3) is 0. The zero-order chi connectivity index (χ0) is 9.14. The second kappa shape index (κ2) is 3.42. The molecular weight excluding hydrogens is 166 g/mol. The first-order valence-electron chi connectivity index (χ1n) is 3.11. The SMILES string of the molecule is OB(O)Oc1ccc(O)cc1F. The van der Waals surface area contributed by atoms with E-state index in [9.17, 15) is 4.39 Å². The number of phenols is 1. The lowest BCUT2D eigenvalue weighted by atomic mass is 10.2. The molecule has 0 saturated heterocycles. The number of phenolic OH excluding ortho intramolecular Hbond substituents is 1. The molecule has 1 aromatic rings. The topological polar surface area (TPSA) is 69.9 Å². The molecule has 4 nitrogen and oxygen atoms in total. The first-order chi connectivity index (χ1) is 5.59. The minimum Gasteiger partial charge on any atom is -0.510 e. The van der Waals surface area contributed by atoms with Gasteiger partial charge in [-0.1, -0.05) is 0 Å². The predicted octanol–water partition coefficient (Wildman–Crippen LogP) is -0.120. The molecule has 0 unspecified atom stereocenters. The van der Waals surface area contributed by atoms with Crippen molar-refractivity contribution < 1.29 is 24.2 Å². The number of halogens is 1. The number of rotatable bonds is 2. The summed E-state index contributed by atoms with van der Waals surface area (Å²) in [5.41, 5.74) is 0. The van der Waals surface area contributed by atoms with Gasteiger partial charge in [-0.25, -0.2) is 4.39 Å². The third-order valence-electron chi connectivity index (χ3n) is 1.15. The normalized spacial score (nSPS) is 9.58. The van der Waals surface area contributed by atoms with E-state index >= 15 is 0 Å². The Balaban J connectivity index is 2.86. The van der Waals surface area contributed by atoms with Crippen molar-refractivity contribution in [3.05, 3.63) is 24.0 Å². The maximum atomic E-state index is 12.7. The van der Waals surface area contributed by atoms with Crippen molar-refractivity contribution in [3.8, 4) is 11.5 Å². The van der Waals surface area contributed by atoms with Crippen LogP contribution < -0.4 is 4.65 Å². The van der Waals surface area contributed by atoms with E-state index in [0.29, 0.717) is 0 Å². The molecule has 0 aliphatic carbocycles. The van der Waals surface area contributed by atoms with Crippen LogP contribution in [0.25, 0.3) is 0 Å². The molecule has 0 aliphatic rings. The Morgan fingerprint density at radius 3 is 2.50 bits per heavy atom. The van der Waals surface area contributed by atoms with Crippen LogP contribution in [-0.2, 0) is 0 Å². The summed E-state index contributed by atoms with van der Waals surface area (Å²) in [7, 11) is -2.07. The van der Waals surface area contributed by atoms with Gasteiger partial charge in [0.2, 0.25) is 0 Å². The van der Waals surface area contributed by atoms with Gasteiger partial charge < -0.3 is 19.8 Å². The van der Waals surface area contributed by atoms with E-state index in [-0.39, 0.29) is 11.5 Å². The highest BCUT2D eigenvalue weighted by molar-refractivity contribution is 6.33. The van der Waals surface area contributed by atoms with Crippen molar-refractivity contribution >= 4 is 7.32 Å². The van der Waals surface area contributed by atoms with E-state index in [4.69, 9.17) is 15.2 Å². The number of aromatic hydroxyl groups is 1. The predicted molar refractivity (Wildman–Crippen MR) is 38.9 cm³/mol. The van der Waals surface area contributed by atoms with Crippen LogP contribution in [0, 0.1) is 5.82 Å². The van der Waals surface area contributed by atoms with Gasteiger partial charge in [-0.05, 0) is 12.1 Å². The summed E-state index contributed by atoms with van der Waals surface area (Å²) >= 11 is 0. The summed E-state index contributed by atoms with van der Waals surface area (Å²) in [6, 6.07) is 3.06. The van der Waals surface area contributed by atoms with Crippen LogP contribution in [0.4, 0.5) is 4.39 Å². The first kappa shape index (κ1) is 8.83. The van der Waals surface area contributed by atoms with E-state index in [0.717, 1.165) is 12.1 Å². The molecule has 6 heteroatoms. The summed E-state index contributed by atoms with van der Waals surface area (Å²) in [5.74, 6) is -1.45. The molecule has 1 aromatic carbocycles. The Bertz CT molecular complexity index is 278. The maximum Gasteiger partial charge on any atom is 0.707 e. The molecule has 0 heterocycles. The maximum absolute atomic E-state index is 12.7. The highest BCUT2D eigenvalue weighted by Crippen LogP contribution is 2.21. The molecule has 1 rings (SSSR count). The van der Waals surface area contributed by atoms with E-state index in [1.54, 1.807) is 0 Å². The highest BCUT2D eigenvalue weighted by Gasteiger charge is 2.14. The van der Waals surface area contributed by atoms with Crippen molar-refractivity contribution in [1.29, 1.82) is 0 Å². The van der Waals surface area contributed by atoms with E-state index < -0.39 is 13.1 Å². The van der Waals surface area contributed by atoms with Gasteiger partial charge in [0, 0.05) is 6.07 Å². The Hall–Kier alpha value is -1.27. The minimum atomic E-state index is -2.07. The van der Waals surface area contributed by atoms with Crippen LogP contribution in [0.1, 0.15) is 0 Å². The fourth-order valence-electron chi connectivity index (χ4n) is 0.699. The second-order valence-electron chi connectivity index (χ2n) is 2.06. The van der Waals surface area contributed by atoms with Crippen molar-refractivity contribution in [3.63, 3.8) is 0 Å². The van der Waals surface area contributed by atoms with E-state index in [1.165, 1.54) is 6.07 Å². The van der Waals surface area contributed by atoms with Gasteiger partial charge >= 0.3 is 7.32 Å². The van der Waals surface area contributed by atoms with Gasteiger partial charge in [0.25, 0.3) is 0 Å². The molecule has 3 N–H and O–H groups in total. The Morgan fingerprint density at radius 1 is 1.33 bits per heavy atom. The van der Waals surface area contributed by atoms with Gasteiger partial charge in [-0.3, -0.25) is 0 Å². The van der Waals surface area contributed by atoms with Crippen LogP contribution >= 0.6 is 0 Å². The molecule has 0 fully saturated rings. The van der Waals surface area contributed by atoms with Crippen molar-refractivity contribution in [1.82, 2.24) is 0 Å². The van der Waals surface area contributed by atoms with E-state index in [1.807, 2.05) is 0 Å².